The number of nitrogens with zero attached hydrogens (tertiary/aromatic N) is 1. The fraction of sp³-hybridized carbons (Fsp3) is 0.160. The molecule has 0 aliphatic rings. The van der Waals surface area contributed by atoms with Crippen LogP contribution in [0.4, 0.5) is 0 Å². The average Bonchev–Trinajstić information content (AvgIpc) is 2.71. The van der Waals surface area contributed by atoms with Crippen molar-refractivity contribution >= 4 is 43.4 Å². The number of benzene rings is 4. The van der Waals surface area contributed by atoms with Crippen molar-refractivity contribution < 1.29 is 0 Å². The van der Waals surface area contributed by atoms with E-state index in [0.717, 1.165) is 17.5 Å². The number of hydrogen-bond donors (Lipinski definition) is 0. The molecule has 1 nitrogen and oxygen atoms in total. The van der Waals surface area contributed by atoms with E-state index in [4.69, 9.17) is 4.98 Å². The minimum Gasteiger partial charge on any atom is -0.247 e. The molecular formula is C25H21N. The molecule has 1 atom stereocenters. The summed E-state index contributed by atoms with van der Waals surface area (Å²) in [4.78, 5) is 5.13. The quantitative estimate of drug-likeness (QED) is 0.245. The van der Waals surface area contributed by atoms with Gasteiger partial charge in [0.2, 0.25) is 0 Å². The fourth-order valence-corrected chi connectivity index (χ4v) is 4.06. The van der Waals surface area contributed by atoms with Gasteiger partial charge in [-0.25, -0.2) is 4.98 Å². The maximum Gasteiger partial charge on any atom is 0.0790 e. The summed E-state index contributed by atoms with van der Waals surface area (Å²) in [5.41, 5.74) is 3.60. The SMILES string of the molecule is CCC(C)c1cc2ccccc2c2nc3ccc4ccccc4c3cc12. The van der Waals surface area contributed by atoms with Crippen LogP contribution in [-0.2, 0) is 0 Å². The Bertz CT molecular complexity index is 1280. The highest BCUT2D eigenvalue weighted by Crippen LogP contribution is 2.36. The minimum atomic E-state index is 0.510. The lowest BCUT2D eigenvalue weighted by Gasteiger charge is -2.16. The molecule has 0 bridgehead atoms. The van der Waals surface area contributed by atoms with Crippen LogP contribution in [0.3, 0.4) is 0 Å². The zero-order chi connectivity index (χ0) is 17.7. The van der Waals surface area contributed by atoms with Gasteiger partial charge in [-0.05, 0) is 46.2 Å². The van der Waals surface area contributed by atoms with E-state index in [1.807, 2.05) is 0 Å². The molecule has 1 heterocycles. The van der Waals surface area contributed by atoms with Crippen molar-refractivity contribution in [3.63, 3.8) is 0 Å². The van der Waals surface area contributed by atoms with Crippen LogP contribution in [0.2, 0.25) is 0 Å². The first kappa shape index (κ1) is 15.3. The van der Waals surface area contributed by atoms with E-state index in [0.29, 0.717) is 5.92 Å². The van der Waals surface area contributed by atoms with Crippen molar-refractivity contribution in [3.05, 3.63) is 78.4 Å². The van der Waals surface area contributed by atoms with E-state index in [1.54, 1.807) is 0 Å². The number of aromatic nitrogens is 1. The van der Waals surface area contributed by atoms with Crippen LogP contribution in [0.25, 0.3) is 43.4 Å². The molecule has 5 aromatic rings. The van der Waals surface area contributed by atoms with Gasteiger partial charge in [0.15, 0.2) is 0 Å². The Morgan fingerprint density at radius 3 is 2.27 bits per heavy atom. The predicted molar refractivity (Wildman–Crippen MR) is 113 cm³/mol. The van der Waals surface area contributed by atoms with Crippen molar-refractivity contribution in [2.75, 3.05) is 0 Å². The Hall–Kier alpha value is -2.93. The first-order chi connectivity index (χ1) is 12.8. The van der Waals surface area contributed by atoms with Crippen molar-refractivity contribution in [2.24, 2.45) is 0 Å². The van der Waals surface area contributed by atoms with Crippen LogP contribution in [0, 0.1) is 0 Å². The lowest BCUT2D eigenvalue weighted by molar-refractivity contribution is 0.740. The molecular weight excluding hydrogens is 314 g/mol. The summed E-state index contributed by atoms with van der Waals surface area (Å²) in [5, 5.41) is 7.61. The summed E-state index contributed by atoms with van der Waals surface area (Å²) in [6, 6.07) is 26.3. The second kappa shape index (κ2) is 5.81. The van der Waals surface area contributed by atoms with E-state index in [-0.39, 0.29) is 0 Å². The van der Waals surface area contributed by atoms with Crippen LogP contribution in [-0.4, -0.2) is 4.98 Å². The van der Waals surface area contributed by atoms with Crippen LogP contribution in [0.15, 0.2) is 72.8 Å². The molecule has 0 amide bonds. The minimum absolute atomic E-state index is 0.510. The van der Waals surface area contributed by atoms with E-state index >= 15 is 0 Å². The Kier molecular flexibility index (Phi) is 3.43. The van der Waals surface area contributed by atoms with Gasteiger partial charge in [-0.15, -0.1) is 0 Å². The van der Waals surface area contributed by atoms with Crippen LogP contribution >= 0.6 is 0 Å². The second-order valence-electron chi connectivity index (χ2n) is 7.23. The van der Waals surface area contributed by atoms with Crippen LogP contribution in [0.1, 0.15) is 31.7 Å². The third-order valence-electron chi connectivity index (χ3n) is 5.70. The maximum absolute atomic E-state index is 5.13. The Labute approximate surface area is 153 Å². The monoisotopic (exact) mass is 335 g/mol. The third kappa shape index (κ3) is 2.20. The molecule has 5 rings (SSSR count). The molecule has 0 saturated carbocycles. The molecule has 1 aromatic heterocycles. The van der Waals surface area contributed by atoms with Gasteiger partial charge in [0, 0.05) is 16.2 Å². The maximum atomic E-state index is 5.13. The summed E-state index contributed by atoms with van der Waals surface area (Å²) >= 11 is 0. The normalized spacial score (nSPS) is 13.0. The molecule has 0 saturated heterocycles. The zero-order valence-corrected chi connectivity index (χ0v) is 15.2. The van der Waals surface area contributed by atoms with Crippen molar-refractivity contribution in [2.45, 2.75) is 26.2 Å². The molecule has 0 fully saturated rings. The summed E-state index contributed by atoms with van der Waals surface area (Å²) in [7, 11) is 0. The molecule has 0 aliphatic heterocycles. The Balaban J connectivity index is 2.01. The molecule has 1 heteroatoms. The van der Waals surface area contributed by atoms with Gasteiger partial charge in [0.25, 0.3) is 0 Å². The second-order valence-corrected chi connectivity index (χ2v) is 7.23. The Morgan fingerprint density at radius 2 is 1.46 bits per heavy atom. The van der Waals surface area contributed by atoms with Crippen LogP contribution < -0.4 is 0 Å². The lowest BCUT2D eigenvalue weighted by atomic mass is 9.90. The summed E-state index contributed by atoms with van der Waals surface area (Å²) in [6.45, 7) is 4.58. The van der Waals surface area contributed by atoms with E-state index in [9.17, 15) is 0 Å². The fourth-order valence-electron chi connectivity index (χ4n) is 4.06. The van der Waals surface area contributed by atoms with Gasteiger partial charge in [-0.2, -0.15) is 0 Å². The number of rotatable bonds is 2. The molecule has 126 valence electrons. The average molecular weight is 335 g/mol. The van der Waals surface area contributed by atoms with Crippen molar-refractivity contribution in [1.82, 2.24) is 4.98 Å². The molecule has 1 unspecified atom stereocenters. The van der Waals surface area contributed by atoms with Crippen molar-refractivity contribution in [1.29, 1.82) is 0 Å². The van der Waals surface area contributed by atoms with Gasteiger partial charge in [-0.1, -0.05) is 74.5 Å². The molecule has 26 heavy (non-hydrogen) atoms. The summed E-state index contributed by atoms with van der Waals surface area (Å²) < 4.78 is 0. The highest BCUT2D eigenvalue weighted by molar-refractivity contribution is 6.14. The van der Waals surface area contributed by atoms with Crippen LogP contribution in [0.5, 0.6) is 0 Å². The largest absolute Gasteiger partial charge is 0.247 e. The zero-order valence-electron chi connectivity index (χ0n) is 15.2. The lowest BCUT2D eigenvalue weighted by Crippen LogP contribution is -1.96. The number of fused-ring (bicyclic) bond motifs is 6. The standard InChI is InChI=1S/C25H21N/c1-3-16(2)21-14-18-9-5-7-11-20(18)25-23(21)15-22-19-10-6-4-8-17(19)12-13-24(22)26-25/h4-16H,3H2,1-2H3. The molecule has 4 aromatic carbocycles. The van der Waals surface area contributed by atoms with Gasteiger partial charge < -0.3 is 0 Å². The smallest absolute Gasteiger partial charge is 0.0790 e. The number of pyridine rings is 1. The molecule has 0 N–H and O–H groups in total. The first-order valence-corrected chi connectivity index (χ1v) is 9.40. The van der Waals surface area contributed by atoms with E-state index < -0.39 is 0 Å². The van der Waals surface area contributed by atoms with Gasteiger partial charge in [0.05, 0.1) is 11.0 Å². The summed E-state index contributed by atoms with van der Waals surface area (Å²) in [5.74, 6) is 0.510. The van der Waals surface area contributed by atoms with Crippen molar-refractivity contribution in [3.8, 4) is 0 Å². The predicted octanol–water partition coefficient (Wildman–Crippen LogP) is 7.21. The first-order valence-electron chi connectivity index (χ1n) is 9.40. The van der Waals surface area contributed by atoms with E-state index in [1.165, 1.54) is 37.9 Å². The van der Waals surface area contributed by atoms with Gasteiger partial charge >= 0.3 is 0 Å². The van der Waals surface area contributed by atoms with Gasteiger partial charge in [0.1, 0.15) is 0 Å². The molecule has 0 aliphatic carbocycles. The topological polar surface area (TPSA) is 12.9 Å². The molecule has 0 radical (unpaired) electrons. The highest BCUT2D eigenvalue weighted by atomic mass is 14.7. The Morgan fingerprint density at radius 1 is 0.731 bits per heavy atom. The highest BCUT2D eigenvalue weighted by Gasteiger charge is 2.14. The van der Waals surface area contributed by atoms with Gasteiger partial charge in [-0.3, -0.25) is 0 Å². The number of hydrogen-bond acceptors (Lipinski definition) is 1. The summed E-state index contributed by atoms with van der Waals surface area (Å²) in [6.07, 6.45) is 1.13. The van der Waals surface area contributed by atoms with E-state index in [2.05, 4.69) is 86.6 Å². The molecule has 0 spiro atoms. The third-order valence-corrected chi connectivity index (χ3v) is 5.70.